The SMILES string of the molecule is CCOC(=O)N1CCC[C@@H](c2nnc(CN3CCOCC3)n2C)C1. The van der Waals surface area contributed by atoms with Gasteiger partial charge >= 0.3 is 6.09 Å². The smallest absolute Gasteiger partial charge is 0.409 e. The van der Waals surface area contributed by atoms with Crippen LogP contribution in [0.1, 0.15) is 37.3 Å². The van der Waals surface area contributed by atoms with Gasteiger partial charge in [0.15, 0.2) is 0 Å². The number of carbonyl (C=O) groups excluding carboxylic acids is 1. The predicted octanol–water partition coefficient (Wildman–Crippen LogP) is 0.983. The van der Waals surface area contributed by atoms with Gasteiger partial charge in [-0.3, -0.25) is 4.90 Å². The standard InChI is InChI=1S/C16H27N5O3/c1-3-24-16(22)21-6-4-5-13(11-21)15-18-17-14(19(15)2)12-20-7-9-23-10-8-20/h13H,3-12H2,1-2H3/t13-/m1/s1. The Hall–Kier alpha value is -1.67. The minimum Gasteiger partial charge on any atom is -0.450 e. The van der Waals surface area contributed by atoms with Crippen molar-refractivity contribution >= 4 is 6.09 Å². The topological polar surface area (TPSA) is 72.7 Å². The molecule has 0 saturated carbocycles. The molecule has 3 rings (SSSR count). The van der Waals surface area contributed by atoms with Crippen LogP contribution in [0, 0.1) is 0 Å². The van der Waals surface area contributed by atoms with Crippen molar-refractivity contribution in [3.05, 3.63) is 11.6 Å². The maximum atomic E-state index is 12.0. The summed E-state index contributed by atoms with van der Waals surface area (Å²) in [4.78, 5) is 16.1. The summed E-state index contributed by atoms with van der Waals surface area (Å²) in [7, 11) is 2.02. The molecular weight excluding hydrogens is 310 g/mol. The lowest BCUT2D eigenvalue weighted by Crippen LogP contribution is -2.40. The maximum Gasteiger partial charge on any atom is 0.409 e. The van der Waals surface area contributed by atoms with Crippen molar-refractivity contribution in [2.45, 2.75) is 32.2 Å². The van der Waals surface area contributed by atoms with Crippen molar-refractivity contribution in [3.8, 4) is 0 Å². The third-order valence-electron chi connectivity index (χ3n) is 4.78. The van der Waals surface area contributed by atoms with E-state index >= 15 is 0 Å². The molecule has 3 heterocycles. The summed E-state index contributed by atoms with van der Waals surface area (Å²) in [6.07, 6.45) is 1.77. The minimum absolute atomic E-state index is 0.221. The van der Waals surface area contributed by atoms with Crippen molar-refractivity contribution in [1.82, 2.24) is 24.6 Å². The monoisotopic (exact) mass is 337 g/mol. The Bertz CT molecular complexity index is 556. The van der Waals surface area contributed by atoms with Crippen LogP contribution in [0.3, 0.4) is 0 Å². The molecular formula is C16H27N5O3. The fourth-order valence-corrected chi connectivity index (χ4v) is 3.40. The van der Waals surface area contributed by atoms with Gasteiger partial charge in [0.05, 0.1) is 26.4 Å². The van der Waals surface area contributed by atoms with Gasteiger partial charge in [0.25, 0.3) is 0 Å². The first-order valence-electron chi connectivity index (χ1n) is 8.79. The van der Waals surface area contributed by atoms with Crippen LogP contribution >= 0.6 is 0 Å². The first kappa shape index (κ1) is 17.2. The number of ether oxygens (including phenoxy) is 2. The van der Waals surface area contributed by atoms with Gasteiger partial charge < -0.3 is 18.9 Å². The summed E-state index contributed by atoms with van der Waals surface area (Å²) in [5.74, 6) is 2.16. The van der Waals surface area contributed by atoms with Crippen molar-refractivity contribution in [2.24, 2.45) is 7.05 Å². The van der Waals surface area contributed by atoms with E-state index in [4.69, 9.17) is 9.47 Å². The van der Waals surface area contributed by atoms with Crippen LogP contribution in [-0.2, 0) is 23.1 Å². The zero-order valence-corrected chi connectivity index (χ0v) is 14.6. The van der Waals surface area contributed by atoms with Crippen molar-refractivity contribution < 1.29 is 14.3 Å². The molecule has 1 amide bonds. The largest absolute Gasteiger partial charge is 0.450 e. The number of likely N-dealkylation sites (tertiary alicyclic amines) is 1. The molecule has 0 bridgehead atoms. The van der Waals surface area contributed by atoms with Crippen molar-refractivity contribution in [3.63, 3.8) is 0 Å². The number of piperidine rings is 1. The molecule has 1 aromatic heterocycles. The molecule has 0 N–H and O–H groups in total. The number of hydrogen-bond acceptors (Lipinski definition) is 6. The highest BCUT2D eigenvalue weighted by Crippen LogP contribution is 2.26. The van der Waals surface area contributed by atoms with E-state index in [1.807, 2.05) is 14.0 Å². The first-order chi connectivity index (χ1) is 11.7. The average molecular weight is 337 g/mol. The van der Waals surface area contributed by atoms with Gasteiger partial charge in [0.2, 0.25) is 0 Å². The second-order valence-corrected chi connectivity index (χ2v) is 6.41. The highest BCUT2D eigenvalue weighted by Gasteiger charge is 2.29. The van der Waals surface area contributed by atoms with Crippen LogP contribution < -0.4 is 0 Å². The summed E-state index contributed by atoms with van der Waals surface area (Å²) < 4.78 is 12.6. The number of hydrogen-bond donors (Lipinski definition) is 0. The lowest BCUT2D eigenvalue weighted by atomic mass is 9.97. The average Bonchev–Trinajstić information content (AvgIpc) is 2.97. The quantitative estimate of drug-likeness (QED) is 0.816. The van der Waals surface area contributed by atoms with E-state index in [-0.39, 0.29) is 12.0 Å². The van der Waals surface area contributed by atoms with Gasteiger partial charge in [0.1, 0.15) is 11.6 Å². The zero-order valence-electron chi connectivity index (χ0n) is 14.6. The van der Waals surface area contributed by atoms with Crippen LogP contribution in [0.15, 0.2) is 0 Å². The van der Waals surface area contributed by atoms with E-state index in [0.29, 0.717) is 13.2 Å². The Labute approximate surface area is 142 Å². The molecule has 134 valence electrons. The summed E-state index contributed by atoms with van der Waals surface area (Å²) >= 11 is 0. The Morgan fingerprint density at radius 1 is 1.29 bits per heavy atom. The van der Waals surface area contributed by atoms with Gasteiger partial charge in [-0.1, -0.05) is 0 Å². The van der Waals surface area contributed by atoms with Crippen LogP contribution in [0.25, 0.3) is 0 Å². The Morgan fingerprint density at radius 2 is 2.08 bits per heavy atom. The number of morpholine rings is 1. The Balaban J connectivity index is 1.64. The second kappa shape index (κ2) is 7.94. The van der Waals surface area contributed by atoms with Crippen LogP contribution in [0.5, 0.6) is 0 Å². The van der Waals surface area contributed by atoms with E-state index in [1.165, 1.54) is 0 Å². The molecule has 1 atom stereocenters. The maximum absolute atomic E-state index is 12.0. The van der Waals surface area contributed by atoms with Crippen LogP contribution in [0.2, 0.25) is 0 Å². The van der Waals surface area contributed by atoms with Crippen molar-refractivity contribution in [1.29, 1.82) is 0 Å². The zero-order chi connectivity index (χ0) is 16.9. The Morgan fingerprint density at radius 3 is 2.83 bits per heavy atom. The fraction of sp³-hybridized carbons (Fsp3) is 0.812. The highest BCUT2D eigenvalue weighted by atomic mass is 16.6. The molecule has 1 aromatic rings. The summed E-state index contributed by atoms with van der Waals surface area (Å²) in [5, 5.41) is 8.81. The molecule has 2 aliphatic heterocycles. The number of rotatable bonds is 4. The fourth-order valence-electron chi connectivity index (χ4n) is 3.40. The molecule has 0 unspecified atom stereocenters. The summed E-state index contributed by atoms with van der Waals surface area (Å²) in [6, 6.07) is 0. The lowest BCUT2D eigenvalue weighted by Gasteiger charge is -2.31. The number of carbonyl (C=O) groups is 1. The Kier molecular flexibility index (Phi) is 5.68. The first-order valence-corrected chi connectivity index (χ1v) is 8.79. The molecule has 8 nitrogen and oxygen atoms in total. The molecule has 0 aromatic carbocycles. The van der Waals surface area contributed by atoms with Gasteiger partial charge in [0, 0.05) is 39.1 Å². The normalized spacial score (nSPS) is 22.6. The van der Waals surface area contributed by atoms with Gasteiger partial charge in [-0.05, 0) is 19.8 Å². The second-order valence-electron chi connectivity index (χ2n) is 6.41. The van der Waals surface area contributed by atoms with Crippen LogP contribution in [-0.4, -0.2) is 76.7 Å². The molecule has 0 spiro atoms. The van der Waals surface area contributed by atoms with E-state index < -0.39 is 0 Å². The number of amides is 1. The van der Waals surface area contributed by atoms with Gasteiger partial charge in [-0.15, -0.1) is 10.2 Å². The van der Waals surface area contributed by atoms with E-state index in [9.17, 15) is 4.79 Å². The summed E-state index contributed by atoms with van der Waals surface area (Å²) in [5.41, 5.74) is 0. The molecule has 8 heteroatoms. The molecule has 0 radical (unpaired) electrons. The van der Waals surface area contributed by atoms with Crippen molar-refractivity contribution in [2.75, 3.05) is 46.0 Å². The molecule has 2 fully saturated rings. The third-order valence-corrected chi connectivity index (χ3v) is 4.78. The van der Waals surface area contributed by atoms with E-state index in [0.717, 1.165) is 63.9 Å². The number of aromatic nitrogens is 3. The molecule has 24 heavy (non-hydrogen) atoms. The summed E-state index contributed by atoms with van der Waals surface area (Å²) in [6.45, 7) is 7.87. The highest BCUT2D eigenvalue weighted by molar-refractivity contribution is 5.67. The predicted molar refractivity (Wildman–Crippen MR) is 87.7 cm³/mol. The van der Waals surface area contributed by atoms with E-state index in [1.54, 1.807) is 4.90 Å². The van der Waals surface area contributed by atoms with Crippen LogP contribution in [0.4, 0.5) is 4.79 Å². The van der Waals surface area contributed by atoms with Gasteiger partial charge in [-0.2, -0.15) is 0 Å². The van der Waals surface area contributed by atoms with E-state index in [2.05, 4.69) is 19.7 Å². The molecule has 0 aliphatic carbocycles. The minimum atomic E-state index is -0.224. The molecule has 2 saturated heterocycles. The molecule has 2 aliphatic rings. The number of nitrogens with zero attached hydrogens (tertiary/aromatic N) is 5. The lowest BCUT2D eigenvalue weighted by molar-refractivity contribution is 0.0326. The third kappa shape index (κ3) is 3.87. The van der Waals surface area contributed by atoms with Gasteiger partial charge in [-0.25, -0.2) is 4.79 Å².